The molecule has 0 heterocycles. The summed E-state index contributed by atoms with van der Waals surface area (Å²) in [5, 5.41) is 6.76. The molecule has 0 saturated heterocycles. The second kappa shape index (κ2) is 16.4. The van der Waals surface area contributed by atoms with Crippen molar-refractivity contribution in [2.75, 3.05) is 46.4 Å². The molecule has 0 spiro atoms. The maximum Gasteiger partial charge on any atom is 0.191 e. The van der Waals surface area contributed by atoms with E-state index in [0.29, 0.717) is 0 Å². The van der Waals surface area contributed by atoms with Crippen LogP contribution < -0.4 is 10.6 Å². The van der Waals surface area contributed by atoms with E-state index in [-0.39, 0.29) is 24.0 Å². The van der Waals surface area contributed by atoms with E-state index in [1.807, 2.05) is 0 Å². The number of nitrogens with zero attached hydrogens (tertiary/aromatic N) is 2. The number of halogens is 1. The predicted octanol–water partition coefficient (Wildman–Crippen LogP) is 3.24. The quantitative estimate of drug-likeness (QED) is 0.206. The molecular weight excluding hydrogens is 415 g/mol. The van der Waals surface area contributed by atoms with Crippen LogP contribution in [0.25, 0.3) is 0 Å². The standard InChI is InChI=1S/C18H38N4O.HI/c1-4-6-15-23-16-9-12-20-18(19-5-2)21-13-14-22(3)17-10-7-8-11-17;/h17H,4-16H2,1-3H3,(H2,19,20,21);1H. The van der Waals surface area contributed by atoms with Gasteiger partial charge in [0.2, 0.25) is 0 Å². The Morgan fingerprint density at radius 1 is 1.12 bits per heavy atom. The third kappa shape index (κ3) is 11.5. The average molecular weight is 454 g/mol. The van der Waals surface area contributed by atoms with E-state index in [9.17, 15) is 0 Å². The first kappa shape index (κ1) is 23.9. The molecule has 1 aliphatic rings. The van der Waals surface area contributed by atoms with Gasteiger partial charge in [0.1, 0.15) is 0 Å². The molecule has 0 atom stereocenters. The summed E-state index contributed by atoms with van der Waals surface area (Å²) in [4.78, 5) is 7.11. The fraction of sp³-hybridized carbons (Fsp3) is 0.944. The van der Waals surface area contributed by atoms with Gasteiger partial charge in [-0.2, -0.15) is 0 Å². The summed E-state index contributed by atoms with van der Waals surface area (Å²) in [6.45, 7) is 9.74. The number of guanidine groups is 1. The zero-order chi connectivity index (χ0) is 16.8. The highest BCUT2D eigenvalue weighted by Gasteiger charge is 2.18. The van der Waals surface area contributed by atoms with E-state index < -0.39 is 0 Å². The molecule has 1 fully saturated rings. The second-order valence-electron chi connectivity index (χ2n) is 6.43. The van der Waals surface area contributed by atoms with Crippen molar-refractivity contribution in [3.8, 4) is 0 Å². The number of ether oxygens (including phenoxy) is 1. The number of nitrogens with one attached hydrogen (secondary N) is 2. The average Bonchev–Trinajstić information content (AvgIpc) is 3.08. The maximum atomic E-state index is 5.57. The molecule has 5 nitrogen and oxygen atoms in total. The molecule has 24 heavy (non-hydrogen) atoms. The molecule has 0 bridgehead atoms. The summed E-state index contributed by atoms with van der Waals surface area (Å²) in [6, 6.07) is 0.789. The molecule has 144 valence electrons. The SMILES string of the molecule is CCCCOCCCN=C(NCC)NCCN(C)C1CCCC1.I. The minimum atomic E-state index is 0. The van der Waals surface area contributed by atoms with Crippen molar-refractivity contribution in [1.29, 1.82) is 0 Å². The lowest BCUT2D eigenvalue weighted by atomic mass is 10.2. The lowest BCUT2D eigenvalue weighted by Gasteiger charge is -2.24. The molecule has 1 aliphatic carbocycles. The van der Waals surface area contributed by atoms with Gasteiger partial charge in [0.15, 0.2) is 5.96 Å². The molecule has 6 heteroatoms. The van der Waals surface area contributed by atoms with Gasteiger partial charge in [0, 0.05) is 45.4 Å². The van der Waals surface area contributed by atoms with Crippen molar-refractivity contribution >= 4 is 29.9 Å². The van der Waals surface area contributed by atoms with Crippen molar-refractivity contribution in [3.05, 3.63) is 0 Å². The van der Waals surface area contributed by atoms with Crippen LogP contribution in [0, 0.1) is 0 Å². The van der Waals surface area contributed by atoms with E-state index in [0.717, 1.165) is 64.2 Å². The van der Waals surface area contributed by atoms with Crippen molar-refractivity contribution < 1.29 is 4.74 Å². The van der Waals surface area contributed by atoms with Gasteiger partial charge in [-0.25, -0.2) is 0 Å². The normalized spacial score (nSPS) is 15.6. The van der Waals surface area contributed by atoms with Crippen LogP contribution in [0.5, 0.6) is 0 Å². The Kier molecular flexibility index (Phi) is 16.3. The summed E-state index contributed by atoms with van der Waals surface area (Å²) < 4.78 is 5.57. The minimum absolute atomic E-state index is 0. The first-order valence-electron chi connectivity index (χ1n) is 9.58. The smallest absolute Gasteiger partial charge is 0.191 e. The first-order chi connectivity index (χ1) is 11.3. The Bertz CT molecular complexity index is 309. The highest BCUT2D eigenvalue weighted by atomic mass is 127. The van der Waals surface area contributed by atoms with Crippen molar-refractivity contribution in [2.24, 2.45) is 4.99 Å². The molecule has 0 aromatic carbocycles. The van der Waals surface area contributed by atoms with Gasteiger partial charge in [-0.15, -0.1) is 24.0 Å². The Balaban J connectivity index is 0.00000529. The van der Waals surface area contributed by atoms with Crippen molar-refractivity contribution in [2.45, 2.75) is 64.8 Å². The van der Waals surface area contributed by atoms with E-state index >= 15 is 0 Å². The Hall–Kier alpha value is -0.0800. The lowest BCUT2D eigenvalue weighted by molar-refractivity contribution is 0.130. The van der Waals surface area contributed by atoms with Crippen LogP contribution in [0.1, 0.15) is 58.8 Å². The van der Waals surface area contributed by atoms with E-state index in [2.05, 4.69) is 41.4 Å². The topological polar surface area (TPSA) is 48.9 Å². The van der Waals surface area contributed by atoms with Crippen LogP contribution in [0.4, 0.5) is 0 Å². The molecule has 0 aliphatic heterocycles. The van der Waals surface area contributed by atoms with Gasteiger partial charge >= 0.3 is 0 Å². The highest BCUT2D eigenvalue weighted by molar-refractivity contribution is 14.0. The third-order valence-electron chi connectivity index (χ3n) is 4.41. The Morgan fingerprint density at radius 3 is 2.50 bits per heavy atom. The van der Waals surface area contributed by atoms with Gasteiger partial charge in [0.25, 0.3) is 0 Å². The summed E-state index contributed by atoms with van der Waals surface area (Å²) in [6.07, 6.45) is 8.86. The molecule has 0 aromatic rings. The largest absolute Gasteiger partial charge is 0.381 e. The van der Waals surface area contributed by atoms with Gasteiger partial charge in [-0.1, -0.05) is 26.2 Å². The van der Waals surface area contributed by atoms with Crippen molar-refractivity contribution in [1.82, 2.24) is 15.5 Å². The number of likely N-dealkylation sites (N-methyl/N-ethyl adjacent to an activating group) is 1. The van der Waals surface area contributed by atoms with Crippen molar-refractivity contribution in [3.63, 3.8) is 0 Å². The summed E-state index contributed by atoms with van der Waals surface area (Å²) in [5.74, 6) is 0.931. The van der Waals surface area contributed by atoms with Crippen LogP contribution in [-0.2, 0) is 4.74 Å². The van der Waals surface area contributed by atoms with Crippen LogP contribution >= 0.6 is 24.0 Å². The zero-order valence-corrected chi connectivity index (χ0v) is 18.3. The van der Waals surface area contributed by atoms with Gasteiger partial charge in [0.05, 0.1) is 0 Å². The number of aliphatic imine (C=N–C) groups is 1. The number of unbranched alkanes of at least 4 members (excludes halogenated alkanes) is 1. The summed E-state index contributed by atoms with van der Waals surface area (Å²) in [7, 11) is 2.25. The van der Waals surface area contributed by atoms with E-state index in [1.165, 1.54) is 32.1 Å². The van der Waals surface area contributed by atoms with Crippen LogP contribution in [0.15, 0.2) is 4.99 Å². The molecule has 1 saturated carbocycles. The van der Waals surface area contributed by atoms with Gasteiger partial charge in [-0.05, 0) is 39.7 Å². The fourth-order valence-electron chi connectivity index (χ4n) is 2.93. The first-order valence-corrected chi connectivity index (χ1v) is 9.58. The predicted molar refractivity (Wildman–Crippen MR) is 115 cm³/mol. The molecule has 0 amide bonds. The number of hydrogen-bond donors (Lipinski definition) is 2. The summed E-state index contributed by atoms with van der Waals surface area (Å²) >= 11 is 0. The highest BCUT2D eigenvalue weighted by Crippen LogP contribution is 2.21. The minimum Gasteiger partial charge on any atom is -0.381 e. The molecule has 2 N–H and O–H groups in total. The summed E-state index contributed by atoms with van der Waals surface area (Å²) in [5.41, 5.74) is 0. The van der Waals surface area contributed by atoms with Crippen LogP contribution in [0.2, 0.25) is 0 Å². The van der Waals surface area contributed by atoms with Crippen LogP contribution in [-0.4, -0.2) is 63.3 Å². The number of rotatable bonds is 12. The van der Waals surface area contributed by atoms with E-state index in [4.69, 9.17) is 4.74 Å². The third-order valence-corrected chi connectivity index (χ3v) is 4.41. The van der Waals surface area contributed by atoms with Gasteiger partial charge < -0.3 is 20.3 Å². The van der Waals surface area contributed by atoms with Gasteiger partial charge in [-0.3, -0.25) is 4.99 Å². The number of hydrogen-bond acceptors (Lipinski definition) is 3. The zero-order valence-electron chi connectivity index (χ0n) is 16.0. The molecule has 0 radical (unpaired) electrons. The Labute approximate surface area is 166 Å². The molecule has 0 unspecified atom stereocenters. The monoisotopic (exact) mass is 454 g/mol. The molecular formula is C18H39IN4O. The molecule has 1 rings (SSSR count). The van der Waals surface area contributed by atoms with Crippen LogP contribution in [0.3, 0.4) is 0 Å². The fourth-order valence-corrected chi connectivity index (χ4v) is 2.93. The maximum absolute atomic E-state index is 5.57. The lowest BCUT2D eigenvalue weighted by Crippen LogP contribution is -2.42. The molecule has 0 aromatic heterocycles. The second-order valence-corrected chi connectivity index (χ2v) is 6.43. The van der Waals surface area contributed by atoms with E-state index in [1.54, 1.807) is 0 Å². The Morgan fingerprint density at radius 2 is 1.83 bits per heavy atom.